The molecule has 3 aromatic carbocycles. The van der Waals surface area contributed by atoms with Crippen molar-refractivity contribution in [2.45, 2.75) is 30.6 Å². The van der Waals surface area contributed by atoms with Crippen molar-refractivity contribution in [3.63, 3.8) is 0 Å². The van der Waals surface area contributed by atoms with Gasteiger partial charge < -0.3 is 34.2 Å². The van der Waals surface area contributed by atoms with Gasteiger partial charge in [-0.2, -0.15) is 4.98 Å². The Morgan fingerprint density at radius 3 is 2.00 bits per heavy atom. The number of nitrogens with zero attached hydrogens (tertiary/aromatic N) is 7. The Labute approximate surface area is 342 Å². The number of hydrogen-bond acceptors (Lipinski definition) is 11. The van der Waals surface area contributed by atoms with Crippen LogP contribution in [0.2, 0.25) is 0 Å². The number of rotatable bonds is 12. The number of nitrogens with one attached hydrogen (secondary N) is 1. The van der Waals surface area contributed by atoms with E-state index in [1.807, 2.05) is 41.6 Å². The van der Waals surface area contributed by atoms with Crippen molar-refractivity contribution in [1.82, 2.24) is 29.7 Å². The molecule has 57 heavy (non-hydrogen) atoms. The van der Waals surface area contributed by atoms with Crippen LogP contribution in [0, 0.1) is 0 Å². The third-order valence-electron chi connectivity index (χ3n) is 11.6. The van der Waals surface area contributed by atoms with Crippen molar-refractivity contribution in [3.05, 3.63) is 118 Å². The minimum Gasteiger partial charge on any atom is -0.497 e. The van der Waals surface area contributed by atoms with Crippen LogP contribution in [0.4, 0.5) is 11.8 Å². The summed E-state index contributed by atoms with van der Waals surface area (Å²) in [6.07, 6.45) is 5.58. The molecular formula is C44H49BrN8O4. The topological polar surface area (TPSA) is 118 Å². The van der Waals surface area contributed by atoms with Crippen LogP contribution in [0.15, 0.2) is 89.7 Å². The van der Waals surface area contributed by atoms with Gasteiger partial charge in [-0.25, -0.2) is 15.0 Å². The van der Waals surface area contributed by atoms with E-state index in [1.54, 1.807) is 14.2 Å². The summed E-state index contributed by atoms with van der Waals surface area (Å²) in [7, 11) is 5.45. The predicted octanol–water partition coefficient (Wildman–Crippen LogP) is 5.80. The number of carbonyl (C=O) groups is 1. The van der Waals surface area contributed by atoms with Crippen molar-refractivity contribution >= 4 is 33.6 Å². The smallest absolute Gasteiger partial charge is 0.234 e. The number of methoxy groups -OCH3 is 2. The Morgan fingerprint density at radius 1 is 0.825 bits per heavy atom. The SMILES string of the molecule is COc1ccc(CC(Cc2ccc(OC)cc2)(c2ccc(Br)cc2)C(C(=O)N2CCN(C)CC2)c2ncc(-c3nc(N4CCOCC4)nc4c3CCN4)cn2)cc1. The van der Waals surface area contributed by atoms with E-state index in [1.165, 1.54) is 0 Å². The van der Waals surface area contributed by atoms with Crippen LogP contribution in [0.25, 0.3) is 11.3 Å². The molecule has 0 spiro atoms. The number of likely N-dealkylation sites (N-methyl/N-ethyl adjacent to an activating group) is 1. The molecule has 0 radical (unpaired) electrons. The average Bonchev–Trinajstić information content (AvgIpc) is 3.74. The number of morpholine rings is 1. The number of amides is 1. The van der Waals surface area contributed by atoms with E-state index in [0.717, 1.165) is 94.4 Å². The van der Waals surface area contributed by atoms with Gasteiger partial charge in [-0.05, 0) is 79.4 Å². The van der Waals surface area contributed by atoms with Gasteiger partial charge in [0.15, 0.2) is 0 Å². The third kappa shape index (κ3) is 8.32. The van der Waals surface area contributed by atoms with Gasteiger partial charge in [0.25, 0.3) is 0 Å². The molecule has 8 rings (SSSR count). The Bertz CT molecular complexity index is 2090. The lowest BCUT2D eigenvalue weighted by atomic mass is 9.62. The first kappa shape index (κ1) is 38.7. The van der Waals surface area contributed by atoms with Crippen molar-refractivity contribution in [2.75, 3.05) is 90.5 Å². The molecule has 0 aliphatic carbocycles. The summed E-state index contributed by atoms with van der Waals surface area (Å²) in [4.78, 5) is 42.3. The average molecular weight is 834 g/mol. The molecule has 296 valence electrons. The first-order valence-corrected chi connectivity index (χ1v) is 20.4. The van der Waals surface area contributed by atoms with Gasteiger partial charge in [-0.15, -0.1) is 0 Å². The van der Waals surface area contributed by atoms with Crippen LogP contribution in [-0.2, 0) is 34.2 Å². The Balaban J connectivity index is 1.29. The van der Waals surface area contributed by atoms with E-state index in [4.69, 9.17) is 34.1 Å². The largest absolute Gasteiger partial charge is 0.497 e. The second kappa shape index (κ2) is 17.2. The number of hydrogen-bond donors (Lipinski definition) is 1. The van der Waals surface area contributed by atoms with Gasteiger partial charge in [0, 0.05) is 79.2 Å². The summed E-state index contributed by atoms with van der Waals surface area (Å²) in [5, 5.41) is 3.45. The highest BCUT2D eigenvalue weighted by atomic mass is 79.9. The molecule has 2 aromatic heterocycles. The summed E-state index contributed by atoms with van der Waals surface area (Å²) in [5.74, 6) is 2.81. The molecule has 0 bridgehead atoms. The third-order valence-corrected chi connectivity index (χ3v) is 12.1. The van der Waals surface area contributed by atoms with Gasteiger partial charge in [0.2, 0.25) is 11.9 Å². The van der Waals surface area contributed by atoms with E-state index >= 15 is 4.79 Å². The molecule has 0 saturated carbocycles. The quantitative estimate of drug-likeness (QED) is 0.165. The van der Waals surface area contributed by atoms with Crippen LogP contribution in [0.3, 0.4) is 0 Å². The van der Waals surface area contributed by atoms with Gasteiger partial charge >= 0.3 is 0 Å². The second-order valence-corrected chi connectivity index (χ2v) is 16.0. The first-order valence-electron chi connectivity index (χ1n) is 19.6. The summed E-state index contributed by atoms with van der Waals surface area (Å²) in [5.41, 5.74) is 5.00. The molecule has 1 atom stereocenters. The highest BCUT2D eigenvalue weighted by Gasteiger charge is 2.49. The summed E-state index contributed by atoms with van der Waals surface area (Å²) in [6, 6.07) is 24.7. The first-order chi connectivity index (χ1) is 27.8. The zero-order valence-corrected chi connectivity index (χ0v) is 34.4. The lowest BCUT2D eigenvalue weighted by molar-refractivity contribution is -0.136. The minimum atomic E-state index is -0.824. The van der Waals surface area contributed by atoms with E-state index < -0.39 is 11.3 Å². The maximum absolute atomic E-state index is 15.5. The molecule has 3 aliphatic rings. The normalized spacial score (nSPS) is 16.5. The standard InChI is InChI=1S/C44H49BrN8O4/c1-51-18-20-52(21-19-51)42(54)38(41-47-28-32(29-48-41)39-37-16-17-46-40(37)50-43(49-39)53-22-24-57-25-23-53)44(33-8-10-34(45)11-9-33,26-30-4-12-35(55-2)13-5-30)27-31-6-14-36(56-3)15-7-31/h4-15,28-29,38H,16-27H2,1-3H3,(H,46,49,50). The van der Waals surface area contributed by atoms with Crippen molar-refractivity contribution in [1.29, 1.82) is 0 Å². The Morgan fingerprint density at radius 2 is 1.42 bits per heavy atom. The second-order valence-electron chi connectivity index (χ2n) is 15.1. The Kier molecular flexibility index (Phi) is 11.7. The van der Waals surface area contributed by atoms with Crippen LogP contribution in [-0.4, -0.2) is 116 Å². The summed E-state index contributed by atoms with van der Waals surface area (Å²) in [6.45, 7) is 6.34. The van der Waals surface area contributed by atoms with Crippen LogP contribution >= 0.6 is 15.9 Å². The molecule has 1 amide bonds. The predicted molar refractivity (Wildman–Crippen MR) is 224 cm³/mol. The molecule has 5 heterocycles. The molecule has 2 fully saturated rings. The number of fused-ring (bicyclic) bond motifs is 1. The maximum atomic E-state index is 15.5. The van der Waals surface area contributed by atoms with E-state index in [9.17, 15) is 0 Å². The number of benzene rings is 3. The van der Waals surface area contributed by atoms with E-state index in [0.29, 0.717) is 50.9 Å². The molecule has 5 aromatic rings. The minimum absolute atomic E-state index is 0.0162. The van der Waals surface area contributed by atoms with Gasteiger partial charge in [-0.3, -0.25) is 4.79 Å². The van der Waals surface area contributed by atoms with Crippen molar-refractivity contribution < 1.29 is 19.0 Å². The lowest BCUT2D eigenvalue weighted by Gasteiger charge is -2.44. The number of halogens is 1. The van der Waals surface area contributed by atoms with Crippen LogP contribution in [0.5, 0.6) is 11.5 Å². The van der Waals surface area contributed by atoms with Gasteiger partial charge in [0.05, 0.1) is 33.1 Å². The maximum Gasteiger partial charge on any atom is 0.234 e. The monoisotopic (exact) mass is 832 g/mol. The number of piperazine rings is 1. The van der Waals surface area contributed by atoms with E-state index in [-0.39, 0.29) is 5.91 Å². The molecule has 1 unspecified atom stereocenters. The summed E-state index contributed by atoms with van der Waals surface area (Å²) >= 11 is 3.68. The molecule has 13 heteroatoms. The number of ether oxygens (including phenoxy) is 3. The molecule has 12 nitrogen and oxygen atoms in total. The zero-order valence-electron chi connectivity index (χ0n) is 32.8. The molecule has 3 aliphatic heterocycles. The molecule has 2 saturated heterocycles. The van der Waals surface area contributed by atoms with Crippen molar-refractivity contribution in [2.24, 2.45) is 0 Å². The zero-order chi connectivity index (χ0) is 39.4. The van der Waals surface area contributed by atoms with Gasteiger partial charge in [0.1, 0.15) is 29.1 Å². The molecular weight excluding hydrogens is 784 g/mol. The fourth-order valence-corrected chi connectivity index (χ4v) is 8.62. The number of carbonyl (C=O) groups excluding carboxylic acids is 1. The molecule has 1 N–H and O–H groups in total. The van der Waals surface area contributed by atoms with Gasteiger partial charge in [-0.1, -0.05) is 52.3 Å². The number of anilines is 2. The fraction of sp³-hybridized carbons (Fsp3) is 0.386. The highest BCUT2D eigenvalue weighted by Crippen LogP contribution is 2.46. The van der Waals surface area contributed by atoms with Crippen molar-refractivity contribution in [3.8, 4) is 22.8 Å². The summed E-state index contributed by atoms with van der Waals surface area (Å²) < 4.78 is 17.7. The van der Waals surface area contributed by atoms with Crippen LogP contribution < -0.4 is 19.7 Å². The van der Waals surface area contributed by atoms with Crippen LogP contribution in [0.1, 0.15) is 34.0 Å². The lowest BCUT2D eigenvalue weighted by Crippen LogP contribution is -2.53. The highest BCUT2D eigenvalue weighted by molar-refractivity contribution is 9.10. The Hall–Kier alpha value is -5.11. The fourth-order valence-electron chi connectivity index (χ4n) is 8.35. The number of aromatic nitrogens is 4. The van der Waals surface area contributed by atoms with E-state index in [2.05, 4.69) is 86.6 Å².